The number of carbonyl (C=O) groups excluding carboxylic acids is 1. The zero-order valence-corrected chi connectivity index (χ0v) is 17.8. The average molecular weight is 478 g/mol. The van der Waals surface area contributed by atoms with Crippen molar-refractivity contribution in [3.8, 4) is 0 Å². The molecule has 1 amide bonds. The van der Waals surface area contributed by atoms with Gasteiger partial charge in [-0.15, -0.1) is 11.3 Å². The maximum atomic E-state index is 12.7. The van der Waals surface area contributed by atoms with Crippen molar-refractivity contribution in [2.45, 2.75) is 58.5 Å². The van der Waals surface area contributed by atoms with Crippen molar-refractivity contribution in [1.29, 1.82) is 0 Å². The number of halogens is 1. The fraction of sp³-hybridized carbons (Fsp3) is 0.588. The van der Waals surface area contributed by atoms with Crippen LogP contribution >= 0.6 is 33.9 Å². The van der Waals surface area contributed by atoms with Crippen molar-refractivity contribution in [1.82, 2.24) is 4.98 Å². The van der Waals surface area contributed by atoms with E-state index in [1.54, 1.807) is 45.1 Å². The van der Waals surface area contributed by atoms with Gasteiger partial charge in [-0.1, -0.05) is 13.0 Å². The van der Waals surface area contributed by atoms with Crippen LogP contribution in [-0.2, 0) is 9.53 Å². The highest BCUT2D eigenvalue weighted by Gasteiger charge is 2.32. The second-order valence-electron chi connectivity index (χ2n) is 6.90. The summed E-state index contributed by atoms with van der Waals surface area (Å²) in [5.74, 6) is 0.0747. The quantitative estimate of drug-likeness (QED) is 0.470. The van der Waals surface area contributed by atoms with Crippen LogP contribution in [0.5, 0.6) is 0 Å². The number of amides is 1. The van der Waals surface area contributed by atoms with Crippen molar-refractivity contribution < 1.29 is 19.4 Å². The highest BCUT2D eigenvalue weighted by molar-refractivity contribution is 14.1. The highest BCUT2D eigenvalue weighted by Crippen LogP contribution is 2.44. The first-order chi connectivity index (χ1) is 11.6. The van der Waals surface area contributed by atoms with Gasteiger partial charge in [0.05, 0.1) is 5.01 Å². The van der Waals surface area contributed by atoms with Gasteiger partial charge in [-0.3, -0.25) is 4.90 Å². The molecule has 0 saturated heterocycles. The Labute approximate surface area is 165 Å². The Bertz CT molecular complexity index is 689. The molecule has 6 nitrogen and oxygen atoms in total. The Hall–Kier alpha value is -1.16. The summed E-state index contributed by atoms with van der Waals surface area (Å²) in [5, 5.41) is 10.2. The molecule has 1 aromatic heterocycles. The molecule has 1 aliphatic carbocycles. The van der Waals surface area contributed by atoms with Crippen LogP contribution < -0.4 is 4.90 Å². The lowest BCUT2D eigenvalue weighted by molar-refractivity contribution is -0.132. The minimum atomic E-state index is -0.974. The van der Waals surface area contributed by atoms with Crippen LogP contribution in [0.1, 0.15) is 57.9 Å². The third-order valence-corrected chi connectivity index (χ3v) is 5.70. The van der Waals surface area contributed by atoms with Gasteiger partial charge in [0.1, 0.15) is 8.48 Å². The Morgan fingerprint density at radius 3 is 2.56 bits per heavy atom. The van der Waals surface area contributed by atoms with Crippen LogP contribution in [-0.4, -0.2) is 34.3 Å². The molecule has 1 N–H and O–H groups in total. The van der Waals surface area contributed by atoms with E-state index in [9.17, 15) is 14.7 Å². The molecule has 1 saturated carbocycles. The van der Waals surface area contributed by atoms with Crippen molar-refractivity contribution >= 4 is 51.8 Å². The van der Waals surface area contributed by atoms with Crippen LogP contribution in [0.25, 0.3) is 0 Å². The third-order valence-electron chi connectivity index (χ3n) is 3.56. The summed E-state index contributed by atoms with van der Waals surface area (Å²) in [5.41, 5.74) is -0.374. The van der Waals surface area contributed by atoms with E-state index in [4.69, 9.17) is 4.74 Å². The van der Waals surface area contributed by atoms with Crippen LogP contribution in [0, 0.1) is 2.88 Å². The molecular weight excluding hydrogens is 455 g/mol. The van der Waals surface area contributed by atoms with Gasteiger partial charge in [0.15, 0.2) is 5.82 Å². The van der Waals surface area contributed by atoms with Crippen molar-refractivity contribution in [3.63, 3.8) is 0 Å². The van der Waals surface area contributed by atoms with E-state index in [-0.39, 0.29) is 12.1 Å². The molecule has 0 unspecified atom stereocenters. The lowest BCUT2D eigenvalue weighted by atomic mass is 10.2. The zero-order valence-electron chi connectivity index (χ0n) is 14.8. The number of rotatable bonds is 6. The molecule has 0 atom stereocenters. The molecule has 138 valence electrons. The maximum Gasteiger partial charge on any atom is 0.416 e. The molecule has 0 aromatic carbocycles. The monoisotopic (exact) mass is 478 g/mol. The van der Waals surface area contributed by atoms with Crippen LogP contribution in [0.2, 0.25) is 0 Å². The summed E-state index contributed by atoms with van der Waals surface area (Å²) in [6.45, 7) is 7.30. The van der Waals surface area contributed by atoms with Gasteiger partial charge in [0, 0.05) is 18.0 Å². The maximum absolute atomic E-state index is 12.7. The summed E-state index contributed by atoms with van der Waals surface area (Å²) < 4.78 is 6.40. The zero-order chi connectivity index (χ0) is 18.8. The summed E-state index contributed by atoms with van der Waals surface area (Å²) >= 11 is 3.76. The van der Waals surface area contributed by atoms with E-state index < -0.39 is 17.7 Å². The number of anilines is 1. The number of thiazole rings is 1. The van der Waals surface area contributed by atoms with E-state index in [1.807, 2.05) is 0 Å². The predicted molar refractivity (Wildman–Crippen MR) is 106 cm³/mol. The number of nitrogens with zero attached hydrogens (tertiary/aromatic N) is 2. The Kier molecular flexibility index (Phi) is 6.47. The molecule has 0 bridgehead atoms. The average Bonchev–Trinajstić information content (AvgIpc) is 3.25. The second kappa shape index (κ2) is 8.03. The second-order valence-corrected chi connectivity index (χ2v) is 9.74. The molecular formula is C17H23IN2O4S. The van der Waals surface area contributed by atoms with Gasteiger partial charge < -0.3 is 9.84 Å². The largest absolute Gasteiger partial charge is 0.478 e. The molecule has 1 aliphatic rings. The Morgan fingerprint density at radius 1 is 1.44 bits per heavy atom. The van der Waals surface area contributed by atoms with Crippen LogP contribution in [0.15, 0.2) is 11.6 Å². The van der Waals surface area contributed by atoms with Crippen LogP contribution in [0.3, 0.4) is 0 Å². The standard InChI is InChI=1S/C17H23IN2O4S/c1-5-10(15(21)22)8-9-20(16(23)24-17(2,3)4)13-12(18)25-14(19-13)11-6-7-11/h8,11H,5-7,9H2,1-4H3,(H,21,22)/b10-8+. The molecule has 0 spiro atoms. The summed E-state index contributed by atoms with van der Waals surface area (Å²) in [6.07, 6.45) is 3.69. The first-order valence-corrected chi connectivity index (χ1v) is 10.1. The molecule has 25 heavy (non-hydrogen) atoms. The molecule has 2 rings (SSSR count). The van der Waals surface area contributed by atoms with Crippen molar-refractivity contribution in [2.24, 2.45) is 0 Å². The summed E-state index contributed by atoms with van der Waals surface area (Å²) in [6, 6.07) is 0. The highest BCUT2D eigenvalue weighted by atomic mass is 127. The summed E-state index contributed by atoms with van der Waals surface area (Å²) in [7, 11) is 0. The van der Waals surface area contributed by atoms with Gasteiger partial charge in [-0.05, 0) is 62.6 Å². The third kappa shape index (κ3) is 5.67. The van der Waals surface area contributed by atoms with E-state index in [0.717, 1.165) is 20.7 Å². The smallest absolute Gasteiger partial charge is 0.416 e. The van der Waals surface area contributed by atoms with Crippen molar-refractivity contribution in [3.05, 3.63) is 19.5 Å². The molecule has 0 radical (unpaired) electrons. The first-order valence-electron chi connectivity index (χ1n) is 8.21. The van der Waals surface area contributed by atoms with Gasteiger partial charge in [0.25, 0.3) is 0 Å². The first kappa shape index (κ1) is 20.2. The van der Waals surface area contributed by atoms with Gasteiger partial charge in [0.2, 0.25) is 0 Å². The van der Waals surface area contributed by atoms with Gasteiger partial charge >= 0.3 is 12.1 Å². The van der Waals surface area contributed by atoms with E-state index in [2.05, 4.69) is 27.6 Å². The molecule has 1 aromatic rings. The lowest BCUT2D eigenvalue weighted by Crippen LogP contribution is -2.37. The normalized spacial score (nSPS) is 15.2. The number of hydrogen-bond donors (Lipinski definition) is 1. The number of aromatic nitrogens is 1. The molecule has 0 aliphatic heterocycles. The molecule has 1 heterocycles. The number of ether oxygens (including phenoxy) is 1. The van der Waals surface area contributed by atoms with E-state index >= 15 is 0 Å². The Morgan fingerprint density at radius 2 is 2.08 bits per heavy atom. The van der Waals surface area contributed by atoms with Gasteiger partial charge in [-0.25, -0.2) is 14.6 Å². The summed E-state index contributed by atoms with van der Waals surface area (Å²) in [4.78, 5) is 29.9. The SMILES string of the molecule is CC/C(=C\CN(C(=O)OC(C)(C)C)c1nc(C2CC2)sc1I)C(=O)O. The minimum absolute atomic E-state index is 0.119. The van der Waals surface area contributed by atoms with E-state index in [1.165, 1.54) is 4.90 Å². The number of hydrogen-bond acceptors (Lipinski definition) is 5. The lowest BCUT2D eigenvalue weighted by Gasteiger charge is -2.25. The van der Waals surface area contributed by atoms with Crippen molar-refractivity contribution in [2.75, 3.05) is 11.4 Å². The number of carbonyl (C=O) groups is 2. The number of aliphatic carboxylic acids is 1. The van der Waals surface area contributed by atoms with E-state index in [0.29, 0.717) is 18.2 Å². The topological polar surface area (TPSA) is 79.7 Å². The number of carboxylic acids is 1. The molecule has 8 heteroatoms. The van der Waals surface area contributed by atoms with Crippen LogP contribution in [0.4, 0.5) is 10.6 Å². The number of carboxylic acid groups (broad SMARTS) is 1. The minimum Gasteiger partial charge on any atom is -0.478 e. The Balaban J connectivity index is 2.31. The predicted octanol–water partition coefficient (Wildman–Crippen LogP) is 4.79. The van der Waals surface area contributed by atoms with Gasteiger partial charge in [-0.2, -0.15) is 0 Å². The molecule has 1 fully saturated rings. The fourth-order valence-electron chi connectivity index (χ4n) is 2.13. The fourth-order valence-corrected chi connectivity index (χ4v) is 4.18.